The van der Waals surface area contributed by atoms with Crippen molar-refractivity contribution in [2.75, 3.05) is 32.0 Å². The van der Waals surface area contributed by atoms with Gasteiger partial charge < -0.3 is 15.9 Å². The van der Waals surface area contributed by atoms with E-state index in [1.807, 2.05) is 4.90 Å². The summed E-state index contributed by atoms with van der Waals surface area (Å²) in [6.45, 7) is 4.11. The van der Waals surface area contributed by atoms with Crippen molar-refractivity contribution >= 4 is 5.82 Å². The summed E-state index contributed by atoms with van der Waals surface area (Å²) < 4.78 is 0. The topological polar surface area (TPSA) is 82.6 Å². The Morgan fingerprint density at radius 1 is 1.41 bits per heavy atom. The van der Waals surface area contributed by atoms with E-state index in [0.717, 1.165) is 18.5 Å². The minimum atomic E-state index is -0.596. The highest BCUT2D eigenvalue weighted by molar-refractivity contribution is 5.30. The highest BCUT2D eigenvalue weighted by Crippen LogP contribution is 2.14. The zero-order valence-electron chi connectivity index (χ0n) is 10.2. The number of nitrogens with zero attached hydrogens (tertiary/aromatic N) is 2. The fourth-order valence-electron chi connectivity index (χ4n) is 1.72. The van der Waals surface area contributed by atoms with Crippen molar-refractivity contribution in [2.24, 2.45) is 0 Å². The van der Waals surface area contributed by atoms with Crippen molar-refractivity contribution in [1.29, 1.82) is 0 Å². The first-order chi connectivity index (χ1) is 8.17. The standard InChI is InChI=1S/C12H21N3O2/c1-2-5-15(6-7-16)9-11(17)10-3-4-12(13)14-8-10/h3-4,8,11,16-17H,2,5-7,9H2,1H3,(H2,13,14). The van der Waals surface area contributed by atoms with Crippen molar-refractivity contribution < 1.29 is 10.2 Å². The molecule has 1 heterocycles. The van der Waals surface area contributed by atoms with Gasteiger partial charge in [0.05, 0.1) is 12.7 Å². The van der Waals surface area contributed by atoms with Crippen LogP contribution in [0.5, 0.6) is 0 Å². The average Bonchev–Trinajstić information content (AvgIpc) is 2.30. The van der Waals surface area contributed by atoms with Gasteiger partial charge in [0.15, 0.2) is 0 Å². The van der Waals surface area contributed by atoms with E-state index in [9.17, 15) is 5.11 Å². The molecule has 0 fully saturated rings. The normalized spacial score (nSPS) is 12.9. The number of aliphatic hydroxyl groups excluding tert-OH is 2. The molecular weight excluding hydrogens is 218 g/mol. The van der Waals surface area contributed by atoms with E-state index in [1.165, 1.54) is 0 Å². The summed E-state index contributed by atoms with van der Waals surface area (Å²) in [4.78, 5) is 5.98. The predicted molar refractivity (Wildman–Crippen MR) is 67.4 cm³/mol. The van der Waals surface area contributed by atoms with Gasteiger partial charge in [-0.2, -0.15) is 0 Å². The predicted octanol–water partition coefficient (Wildman–Crippen LogP) is 0.402. The second-order valence-electron chi connectivity index (χ2n) is 4.06. The Morgan fingerprint density at radius 2 is 2.18 bits per heavy atom. The van der Waals surface area contributed by atoms with Crippen LogP contribution in [0.3, 0.4) is 0 Å². The number of aromatic nitrogens is 1. The van der Waals surface area contributed by atoms with Crippen LogP contribution in [0.25, 0.3) is 0 Å². The first kappa shape index (κ1) is 13.9. The van der Waals surface area contributed by atoms with E-state index >= 15 is 0 Å². The first-order valence-corrected chi connectivity index (χ1v) is 5.90. The van der Waals surface area contributed by atoms with Gasteiger partial charge in [-0.15, -0.1) is 0 Å². The first-order valence-electron chi connectivity index (χ1n) is 5.90. The fraction of sp³-hybridized carbons (Fsp3) is 0.583. The van der Waals surface area contributed by atoms with E-state index < -0.39 is 6.10 Å². The highest BCUT2D eigenvalue weighted by Gasteiger charge is 2.12. The van der Waals surface area contributed by atoms with E-state index in [-0.39, 0.29) is 6.61 Å². The molecular formula is C12H21N3O2. The largest absolute Gasteiger partial charge is 0.395 e. The molecule has 0 aliphatic rings. The van der Waals surface area contributed by atoms with Gasteiger partial charge in [-0.3, -0.25) is 4.90 Å². The maximum Gasteiger partial charge on any atom is 0.123 e. The minimum absolute atomic E-state index is 0.104. The van der Waals surface area contributed by atoms with Crippen LogP contribution in [0.4, 0.5) is 5.82 Å². The molecule has 0 saturated carbocycles. The average molecular weight is 239 g/mol. The van der Waals surface area contributed by atoms with Gasteiger partial charge in [-0.25, -0.2) is 4.98 Å². The second-order valence-corrected chi connectivity index (χ2v) is 4.06. The summed E-state index contributed by atoms with van der Waals surface area (Å²) in [6, 6.07) is 3.45. The molecule has 96 valence electrons. The lowest BCUT2D eigenvalue weighted by atomic mass is 10.1. The molecule has 1 atom stereocenters. The maximum absolute atomic E-state index is 10.0. The van der Waals surface area contributed by atoms with Crippen molar-refractivity contribution in [3.8, 4) is 0 Å². The number of anilines is 1. The summed E-state index contributed by atoms with van der Waals surface area (Å²) in [5.41, 5.74) is 6.24. The molecule has 1 rings (SSSR count). The molecule has 5 nitrogen and oxygen atoms in total. The molecule has 0 aliphatic carbocycles. The highest BCUT2D eigenvalue weighted by atomic mass is 16.3. The van der Waals surface area contributed by atoms with Crippen molar-refractivity contribution in [2.45, 2.75) is 19.4 Å². The molecule has 0 spiro atoms. The van der Waals surface area contributed by atoms with Gasteiger partial charge in [0, 0.05) is 24.8 Å². The van der Waals surface area contributed by atoms with E-state index in [2.05, 4.69) is 11.9 Å². The monoisotopic (exact) mass is 239 g/mol. The van der Waals surface area contributed by atoms with Crippen LogP contribution in [0.1, 0.15) is 25.0 Å². The molecule has 1 aromatic heterocycles. The quantitative estimate of drug-likeness (QED) is 0.641. The zero-order valence-corrected chi connectivity index (χ0v) is 10.2. The van der Waals surface area contributed by atoms with E-state index in [0.29, 0.717) is 18.9 Å². The Hall–Kier alpha value is -1.17. The lowest BCUT2D eigenvalue weighted by Gasteiger charge is -2.23. The number of hydrogen-bond donors (Lipinski definition) is 3. The Kier molecular flexibility index (Phi) is 5.90. The van der Waals surface area contributed by atoms with Gasteiger partial charge in [0.1, 0.15) is 5.82 Å². The molecule has 17 heavy (non-hydrogen) atoms. The molecule has 1 unspecified atom stereocenters. The molecule has 0 aromatic carbocycles. The van der Waals surface area contributed by atoms with Crippen LogP contribution in [-0.2, 0) is 0 Å². The Balaban J connectivity index is 2.56. The zero-order chi connectivity index (χ0) is 12.7. The third-order valence-corrected chi connectivity index (χ3v) is 2.58. The number of aliphatic hydroxyl groups is 2. The lowest BCUT2D eigenvalue weighted by Crippen LogP contribution is -2.32. The third kappa shape index (κ3) is 4.68. The molecule has 5 heteroatoms. The van der Waals surface area contributed by atoms with Crippen LogP contribution in [-0.4, -0.2) is 46.3 Å². The molecule has 0 radical (unpaired) electrons. The Morgan fingerprint density at radius 3 is 2.71 bits per heavy atom. The van der Waals surface area contributed by atoms with Gasteiger partial charge in [-0.05, 0) is 19.0 Å². The van der Waals surface area contributed by atoms with E-state index in [1.54, 1.807) is 18.3 Å². The number of nitrogens with two attached hydrogens (primary N) is 1. The van der Waals surface area contributed by atoms with Gasteiger partial charge >= 0.3 is 0 Å². The van der Waals surface area contributed by atoms with Crippen molar-refractivity contribution in [3.05, 3.63) is 23.9 Å². The molecule has 0 bridgehead atoms. The van der Waals surface area contributed by atoms with Gasteiger partial charge in [0.25, 0.3) is 0 Å². The number of hydrogen-bond acceptors (Lipinski definition) is 5. The second kappa shape index (κ2) is 7.21. The third-order valence-electron chi connectivity index (χ3n) is 2.58. The number of nitrogen functional groups attached to an aromatic ring is 1. The van der Waals surface area contributed by atoms with Crippen molar-refractivity contribution in [1.82, 2.24) is 9.88 Å². The van der Waals surface area contributed by atoms with Crippen LogP contribution >= 0.6 is 0 Å². The van der Waals surface area contributed by atoms with Crippen LogP contribution in [0.15, 0.2) is 18.3 Å². The molecule has 1 aromatic rings. The Labute approximate surface area is 102 Å². The van der Waals surface area contributed by atoms with Crippen LogP contribution in [0, 0.1) is 0 Å². The molecule has 4 N–H and O–H groups in total. The summed E-state index contributed by atoms with van der Waals surface area (Å²) in [6.07, 6.45) is 1.98. The SMILES string of the molecule is CCCN(CCO)CC(O)c1ccc(N)nc1. The molecule has 0 aliphatic heterocycles. The minimum Gasteiger partial charge on any atom is -0.395 e. The number of pyridine rings is 1. The number of rotatable bonds is 7. The van der Waals surface area contributed by atoms with Crippen molar-refractivity contribution in [3.63, 3.8) is 0 Å². The molecule has 0 saturated heterocycles. The van der Waals surface area contributed by atoms with E-state index in [4.69, 9.17) is 10.8 Å². The maximum atomic E-state index is 10.0. The van der Waals surface area contributed by atoms with Gasteiger partial charge in [0.2, 0.25) is 0 Å². The molecule has 0 amide bonds. The fourth-order valence-corrected chi connectivity index (χ4v) is 1.72. The Bertz CT molecular complexity index is 310. The summed E-state index contributed by atoms with van der Waals surface area (Å²) in [5.74, 6) is 0.446. The summed E-state index contributed by atoms with van der Waals surface area (Å²) in [7, 11) is 0. The lowest BCUT2D eigenvalue weighted by molar-refractivity contribution is 0.0996. The summed E-state index contributed by atoms with van der Waals surface area (Å²) in [5, 5.41) is 19.0. The van der Waals surface area contributed by atoms with Crippen LogP contribution in [0.2, 0.25) is 0 Å². The van der Waals surface area contributed by atoms with Gasteiger partial charge in [-0.1, -0.05) is 13.0 Å². The van der Waals surface area contributed by atoms with Crippen LogP contribution < -0.4 is 5.73 Å². The smallest absolute Gasteiger partial charge is 0.123 e. The summed E-state index contributed by atoms with van der Waals surface area (Å²) >= 11 is 0.